The van der Waals surface area contributed by atoms with E-state index in [-0.39, 0.29) is 0 Å². The number of fused-ring (bicyclic) bond motifs is 7. The van der Waals surface area contributed by atoms with Crippen LogP contribution in [-0.4, -0.2) is 15.0 Å². The summed E-state index contributed by atoms with van der Waals surface area (Å²) in [4.78, 5) is 15.7. The molecule has 4 heteroatoms. The predicted octanol–water partition coefficient (Wildman–Crippen LogP) is 13.6. The van der Waals surface area contributed by atoms with Crippen LogP contribution < -0.4 is 0 Å². The Morgan fingerprint density at radius 1 is 0.309 bits per heavy atom. The molecule has 4 nitrogen and oxygen atoms in total. The number of para-hydroxylation sites is 3. The Labute approximate surface area is 317 Å². The zero-order chi connectivity index (χ0) is 36.3. The lowest BCUT2D eigenvalue weighted by Crippen LogP contribution is -1.96. The normalized spacial score (nSPS) is 11.6. The third-order valence-corrected chi connectivity index (χ3v) is 10.7. The van der Waals surface area contributed by atoms with Gasteiger partial charge in [-0.05, 0) is 47.0 Å². The van der Waals surface area contributed by atoms with Gasteiger partial charge in [0.1, 0.15) is 11.2 Å². The average Bonchev–Trinajstić information content (AvgIpc) is 3.64. The van der Waals surface area contributed by atoms with Gasteiger partial charge < -0.3 is 4.42 Å². The number of rotatable bonds is 5. The molecule has 0 atom stereocenters. The number of hydrogen-bond acceptors (Lipinski definition) is 4. The van der Waals surface area contributed by atoms with Crippen molar-refractivity contribution in [1.82, 2.24) is 15.0 Å². The van der Waals surface area contributed by atoms with Gasteiger partial charge in [0, 0.05) is 54.6 Å². The Morgan fingerprint density at radius 2 is 0.855 bits per heavy atom. The highest BCUT2D eigenvalue weighted by Crippen LogP contribution is 2.46. The van der Waals surface area contributed by atoms with Crippen molar-refractivity contribution in [2.45, 2.75) is 0 Å². The van der Waals surface area contributed by atoms with Crippen molar-refractivity contribution in [3.63, 3.8) is 0 Å². The summed E-state index contributed by atoms with van der Waals surface area (Å²) in [6.45, 7) is 0. The number of furan rings is 1. The van der Waals surface area contributed by atoms with Crippen LogP contribution in [0.15, 0.2) is 192 Å². The van der Waals surface area contributed by atoms with Crippen LogP contribution in [0.2, 0.25) is 0 Å². The SMILES string of the molecule is c1ccc(-c2ccc(-c3nc(-c4cccc(-c5c6c(cc7c(-c8ccccc8)nc8ccccc8c57)oc5ccccc56)c4)nc4ccccc34)cc2)cc1. The zero-order valence-electron chi connectivity index (χ0n) is 29.6. The molecule has 11 rings (SSSR count). The lowest BCUT2D eigenvalue weighted by Gasteiger charge is -2.16. The third-order valence-electron chi connectivity index (χ3n) is 10.7. The van der Waals surface area contributed by atoms with Crippen molar-refractivity contribution in [3.05, 3.63) is 188 Å². The molecule has 0 spiro atoms. The average molecular weight is 702 g/mol. The predicted molar refractivity (Wildman–Crippen MR) is 227 cm³/mol. The molecule has 0 radical (unpaired) electrons. The zero-order valence-corrected chi connectivity index (χ0v) is 29.6. The molecular formula is C51H31N3O. The van der Waals surface area contributed by atoms with E-state index < -0.39 is 0 Å². The standard InChI is InChI=1S/C51H31N3O/c1-3-14-32(15-4-1)33-26-28-35(29-27-33)49-39-21-8-11-24-43(39)53-51(54-49)37-19-13-18-36(30-37)46-47-38-20-7-10-23-42(38)52-50(34-16-5-2-6-17-34)41(47)31-45-48(46)40-22-9-12-25-44(40)55-45/h1-31H. The minimum Gasteiger partial charge on any atom is -0.456 e. The van der Waals surface area contributed by atoms with Crippen LogP contribution in [0, 0.1) is 0 Å². The summed E-state index contributed by atoms with van der Waals surface area (Å²) < 4.78 is 6.64. The molecule has 3 heterocycles. The number of pyridine rings is 1. The summed E-state index contributed by atoms with van der Waals surface area (Å²) in [6.07, 6.45) is 0. The van der Waals surface area contributed by atoms with Gasteiger partial charge in [-0.1, -0.05) is 158 Å². The van der Waals surface area contributed by atoms with Gasteiger partial charge in [0.2, 0.25) is 0 Å². The van der Waals surface area contributed by atoms with E-state index in [2.05, 4.69) is 158 Å². The molecule has 0 aliphatic heterocycles. The van der Waals surface area contributed by atoms with Crippen molar-refractivity contribution in [3.8, 4) is 56.2 Å². The highest BCUT2D eigenvalue weighted by molar-refractivity contribution is 6.27. The Morgan fingerprint density at radius 3 is 1.64 bits per heavy atom. The Kier molecular flexibility index (Phi) is 7.14. The maximum Gasteiger partial charge on any atom is 0.160 e. The van der Waals surface area contributed by atoms with Crippen LogP contribution in [0.4, 0.5) is 0 Å². The van der Waals surface area contributed by atoms with Crippen LogP contribution in [0.25, 0.3) is 111 Å². The second kappa shape index (κ2) is 12.6. The number of aromatic nitrogens is 3. The van der Waals surface area contributed by atoms with E-state index in [0.717, 1.165) is 93.7 Å². The van der Waals surface area contributed by atoms with Crippen LogP contribution >= 0.6 is 0 Å². The summed E-state index contributed by atoms with van der Waals surface area (Å²) in [5, 5.41) is 6.44. The number of hydrogen-bond donors (Lipinski definition) is 0. The fourth-order valence-corrected chi connectivity index (χ4v) is 8.11. The van der Waals surface area contributed by atoms with Gasteiger partial charge in [0.15, 0.2) is 5.82 Å². The molecule has 0 bridgehead atoms. The van der Waals surface area contributed by atoms with Crippen LogP contribution in [0.5, 0.6) is 0 Å². The monoisotopic (exact) mass is 701 g/mol. The van der Waals surface area contributed by atoms with Crippen molar-refractivity contribution in [2.24, 2.45) is 0 Å². The van der Waals surface area contributed by atoms with Gasteiger partial charge in [0.25, 0.3) is 0 Å². The van der Waals surface area contributed by atoms with E-state index in [0.29, 0.717) is 5.82 Å². The maximum atomic E-state index is 6.64. The Hall–Kier alpha value is -7.43. The fraction of sp³-hybridized carbons (Fsp3) is 0. The summed E-state index contributed by atoms with van der Waals surface area (Å²) in [6, 6.07) is 65.4. The van der Waals surface area contributed by atoms with Gasteiger partial charge in [0.05, 0.1) is 22.4 Å². The lowest BCUT2D eigenvalue weighted by atomic mass is 9.89. The topological polar surface area (TPSA) is 51.8 Å². The van der Waals surface area contributed by atoms with E-state index in [1.807, 2.05) is 30.3 Å². The molecule has 0 fully saturated rings. The van der Waals surface area contributed by atoms with E-state index >= 15 is 0 Å². The molecule has 11 aromatic rings. The molecule has 3 aromatic heterocycles. The van der Waals surface area contributed by atoms with E-state index in [1.54, 1.807) is 0 Å². The van der Waals surface area contributed by atoms with Crippen molar-refractivity contribution >= 4 is 54.5 Å². The van der Waals surface area contributed by atoms with Gasteiger partial charge in [-0.3, -0.25) is 0 Å². The summed E-state index contributed by atoms with van der Waals surface area (Å²) in [5.74, 6) is 0.674. The summed E-state index contributed by atoms with van der Waals surface area (Å²) in [7, 11) is 0. The molecule has 8 aromatic carbocycles. The molecule has 0 unspecified atom stereocenters. The van der Waals surface area contributed by atoms with Gasteiger partial charge in [-0.2, -0.15) is 0 Å². The van der Waals surface area contributed by atoms with E-state index in [4.69, 9.17) is 19.4 Å². The molecule has 55 heavy (non-hydrogen) atoms. The van der Waals surface area contributed by atoms with Gasteiger partial charge in [-0.25, -0.2) is 15.0 Å². The molecule has 0 amide bonds. The van der Waals surface area contributed by atoms with Gasteiger partial charge >= 0.3 is 0 Å². The van der Waals surface area contributed by atoms with Crippen LogP contribution in [0.1, 0.15) is 0 Å². The minimum atomic E-state index is 0.674. The highest BCUT2D eigenvalue weighted by Gasteiger charge is 2.22. The molecule has 0 saturated heterocycles. The van der Waals surface area contributed by atoms with Crippen molar-refractivity contribution in [2.75, 3.05) is 0 Å². The molecule has 0 aliphatic rings. The molecule has 0 aliphatic carbocycles. The van der Waals surface area contributed by atoms with E-state index in [1.165, 1.54) is 11.1 Å². The minimum absolute atomic E-state index is 0.674. The molecule has 0 N–H and O–H groups in total. The first-order chi connectivity index (χ1) is 27.3. The quantitative estimate of drug-likeness (QED) is 0.168. The molecular weight excluding hydrogens is 671 g/mol. The first-order valence-electron chi connectivity index (χ1n) is 18.5. The highest BCUT2D eigenvalue weighted by atomic mass is 16.3. The molecule has 0 saturated carbocycles. The first-order valence-corrected chi connectivity index (χ1v) is 18.5. The lowest BCUT2D eigenvalue weighted by molar-refractivity contribution is 0.669. The van der Waals surface area contributed by atoms with Crippen molar-refractivity contribution in [1.29, 1.82) is 0 Å². The fourth-order valence-electron chi connectivity index (χ4n) is 8.11. The second-order valence-corrected chi connectivity index (χ2v) is 13.9. The maximum absolute atomic E-state index is 6.64. The van der Waals surface area contributed by atoms with Crippen LogP contribution in [0.3, 0.4) is 0 Å². The number of benzene rings is 8. The summed E-state index contributed by atoms with van der Waals surface area (Å²) >= 11 is 0. The van der Waals surface area contributed by atoms with Gasteiger partial charge in [-0.15, -0.1) is 0 Å². The van der Waals surface area contributed by atoms with E-state index in [9.17, 15) is 0 Å². The third kappa shape index (κ3) is 5.19. The van der Waals surface area contributed by atoms with Crippen LogP contribution in [-0.2, 0) is 0 Å². The number of nitrogens with zero attached hydrogens (tertiary/aromatic N) is 3. The largest absolute Gasteiger partial charge is 0.456 e. The summed E-state index contributed by atoms with van der Waals surface area (Å²) in [5.41, 5.74) is 12.9. The Bertz CT molecular complexity index is 3240. The molecule has 256 valence electrons. The first kappa shape index (κ1) is 31.1. The van der Waals surface area contributed by atoms with Crippen molar-refractivity contribution < 1.29 is 4.42 Å². The second-order valence-electron chi connectivity index (χ2n) is 13.9. The smallest absolute Gasteiger partial charge is 0.160 e. The Balaban J connectivity index is 1.17.